The normalized spacial score (nSPS) is 22.0. The van der Waals surface area contributed by atoms with E-state index in [0.29, 0.717) is 6.54 Å². The minimum atomic E-state index is -0.822. The van der Waals surface area contributed by atoms with Gasteiger partial charge < -0.3 is 10.0 Å². The van der Waals surface area contributed by atoms with Crippen molar-refractivity contribution in [3.63, 3.8) is 0 Å². The SMILES string of the molecule is CCC1C/C(=C2/c3ccc(Cl)cc3CCc3cccnc32)CCN1C(=O)O. The molecule has 1 aromatic heterocycles. The zero-order valence-electron chi connectivity index (χ0n) is 15.4. The van der Waals surface area contributed by atoms with Crippen molar-refractivity contribution in [2.45, 2.75) is 45.1 Å². The van der Waals surface area contributed by atoms with Gasteiger partial charge >= 0.3 is 6.09 Å². The average molecular weight is 383 g/mol. The van der Waals surface area contributed by atoms with E-state index in [2.05, 4.69) is 25.1 Å². The summed E-state index contributed by atoms with van der Waals surface area (Å²) in [6.45, 7) is 2.60. The molecule has 4 rings (SSSR count). The molecule has 1 aromatic carbocycles. The summed E-state index contributed by atoms with van der Waals surface area (Å²) in [5, 5.41) is 10.3. The van der Waals surface area contributed by atoms with E-state index in [9.17, 15) is 9.90 Å². The van der Waals surface area contributed by atoms with Crippen LogP contribution in [0.25, 0.3) is 5.57 Å². The zero-order valence-corrected chi connectivity index (χ0v) is 16.2. The van der Waals surface area contributed by atoms with Gasteiger partial charge in [0.25, 0.3) is 0 Å². The number of benzene rings is 1. The van der Waals surface area contributed by atoms with Gasteiger partial charge in [0.2, 0.25) is 0 Å². The van der Waals surface area contributed by atoms with E-state index < -0.39 is 6.09 Å². The van der Waals surface area contributed by atoms with Crippen molar-refractivity contribution in [3.8, 4) is 0 Å². The molecule has 0 bridgehead atoms. The summed E-state index contributed by atoms with van der Waals surface area (Å²) < 4.78 is 0. The van der Waals surface area contributed by atoms with Gasteiger partial charge in [0.1, 0.15) is 0 Å². The first-order valence-corrected chi connectivity index (χ1v) is 9.91. The average Bonchev–Trinajstić information content (AvgIpc) is 2.84. The third kappa shape index (κ3) is 3.34. The predicted octanol–water partition coefficient (Wildman–Crippen LogP) is 5.19. The van der Waals surface area contributed by atoms with Gasteiger partial charge in [-0.25, -0.2) is 4.79 Å². The molecule has 2 aliphatic rings. The summed E-state index contributed by atoms with van der Waals surface area (Å²) in [5.41, 5.74) is 7.25. The van der Waals surface area contributed by atoms with E-state index in [1.807, 2.05) is 18.3 Å². The minimum absolute atomic E-state index is 0.0184. The molecular formula is C22H23ClN2O2. The Kier molecular flexibility index (Phi) is 4.92. The number of carbonyl (C=O) groups is 1. The third-order valence-electron chi connectivity index (χ3n) is 5.78. The zero-order chi connectivity index (χ0) is 19.0. The number of pyridine rings is 1. The number of nitrogens with zero attached hydrogens (tertiary/aromatic N) is 2. The Hall–Kier alpha value is -2.33. The van der Waals surface area contributed by atoms with Crippen molar-refractivity contribution in [2.75, 3.05) is 6.54 Å². The minimum Gasteiger partial charge on any atom is -0.465 e. The molecule has 1 N–H and O–H groups in total. The van der Waals surface area contributed by atoms with E-state index >= 15 is 0 Å². The van der Waals surface area contributed by atoms with Crippen molar-refractivity contribution in [3.05, 3.63) is 69.5 Å². The molecule has 27 heavy (non-hydrogen) atoms. The van der Waals surface area contributed by atoms with E-state index in [0.717, 1.165) is 42.8 Å². The lowest BCUT2D eigenvalue weighted by molar-refractivity contribution is 0.115. The molecule has 1 saturated heterocycles. The van der Waals surface area contributed by atoms with Crippen LogP contribution in [0.1, 0.15) is 48.6 Å². The van der Waals surface area contributed by atoms with Crippen molar-refractivity contribution in [1.82, 2.24) is 9.88 Å². The topological polar surface area (TPSA) is 53.4 Å². The van der Waals surface area contributed by atoms with Crippen LogP contribution < -0.4 is 0 Å². The van der Waals surface area contributed by atoms with Crippen LogP contribution in [0, 0.1) is 0 Å². The van der Waals surface area contributed by atoms with Crippen molar-refractivity contribution in [2.24, 2.45) is 0 Å². The molecule has 1 fully saturated rings. The first kappa shape index (κ1) is 18.1. The Bertz CT molecular complexity index is 922. The molecule has 5 heteroatoms. The number of aromatic nitrogens is 1. The fraction of sp³-hybridized carbons (Fsp3) is 0.364. The van der Waals surface area contributed by atoms with E-state index in [-0.39, 0.29) is 6.04 Å². The maximum atomic E-state index is 11.6. The van der Waals surface area contributed by atoms with Gasteiger partial charge in [-0.3, -0.25) is 4.98 Å². The Balaban J connectivity index is 1.88. The fourth-order valence-electron chi connectivity index (χ4n) is 4.41. The standard InChI is InChI=1S/C22H23ClN2O2/c1-2-18-13-16(9-11-25(18)22(26)27)20-19-8-7-17(23)12-15(19)6-5-14-4-3-10-24-21(14)20/h3-4,7-8,10,12,18H,2,5-6,9,11,13H2,1H3,(H,26,27)/b20-16-. The van der Waals surface area contributed by atoms with Crippen molar-refractivity contribution in [1.29, 1.82) is 0 Å². The highest BCUT2D eigenvalue weighted by Crippen LogP contribution is 2.39. The molecular weight excluding hydrogens is 360 g/mol. The summed E-state index contributed by atoms with van der Waals surface area (Å²) >= 11 is 6.27. The Labute approximate surface area is 164 Å². The van der Waals surface area contributed by atoms with Gasteiger partial charge in [0, 0.05) is 29.4 Å². The molecule has 4 nitrogen and oxygen atoms in total. The highest BCUT2D eigenvalue weighted by molar-refractivity contribution is 6.30. The van der Waals surface area contributed by atoms with Gasteiger partial charge in [0.15, 0.2) is 0 Å². The molecule has 1 aliphatic heterocycles. The maximum absolute atomic E-state index is 11.6. The fourth-order valence-corrected chi connectivity index (χ4v) is 4.61. The van der Waals surface area contributed by atoms with Crippen LogP contribution in [0.5, 0.6) is 0 Å². The number of amides is 1. The van der Waals surface area contributed by atoms with E-state index in [1.165, 1.54) is 27.8 Å². The molecule has 140 valence electrons. The second kappa shape index (κ2) is 7.35. The molecule has 1 atom stereocenters. The first-order chi connectivity index (χ1) is 13.1. The predicted molar refractivity (Wildman–Crippen MR) is 107 cm³/mol. The van der Waals surface area contributed by atoms with E-state index in [4.69, 9.17) is 16.6 Å². The lowest BCUT2D eigenvalue weighted by Crippen LogP contribution is -2.43. The number of hydrogen-bond acceptors (Lipinski definition) is 2. The maximum Gasteiger partial charge on any atom is 0.407 e. The molecule has 1 unspecified atom stereocenters. The quantitative estimate of drug-likeness (QED) is 0.738. The van der Waals surface area contributed by atoms with Crippen LogP contribution in [0.15, 0.2) is 42.1 Å². The Morgan fingerprint density at radius 1 is 1.26 bits per heavy atom. The summed E-state index contributed by atoms with van der Waals surface area (Å²) in [7, 11) is 0. The summed E-state index contributed by atoms with van der Waals surface area (Å²) in [4.78, 5) is 17.9. The Morgan fingerprint density at radius 2 is 2.07 bits per heavy atom. The first-order valence-electron chi connectivity index (χ1n) is 9.53. The number of piperidine rings is 1. The molecule has 0 saturated carbocycles. The summed E-state index contributed by atoms with van der Waals surface area (Å²) in [5.74, 6) is 0. The number of fused-ring (bicyclic) bond motifs is 2. The molecule has 1 aliphatic carbocycles. The van der Waals surface area contributed by atoms with Gasteiger partial charge in [-0.05, 0) is 67.0 Å². The van der Waals surface area contributed by atoms with Crippen molar-refractivity contribution < 1.29 is 9.90 Å². The summed E-state index contributed by atoms with van der Waals surface area (Å²) in [6, 6.07) is 10.3. The number of rotatable bonds is 1. The largest absolute Gasteiger partial charge is 0.465 e. The van der Waals surface area contributed by atoms with Crippen molar-refractivity contribution >= 4 is 23.3 Å². The lowest BCUT2D eigenvalue weighted by Gasteiger charge is -2.35. The molecule has 2 heterocycles. The number of halogens is 1. The Morgan fingerprint density at radius 3 is 2.85 bits per heavy atom. The second-order valence-electron chi connectivity index (χ2n) is 7.28. The number of aryl methyl sites for hydroxylation is 2. The molecule has 1 amide bonds. The molecule has 0 spiro atoms. The van der Waals surface area contributed by atoms with Gasteiger partial charge in [-0.1, -0.05) is 36.2 Å². The van der Waals surface area contributed by atoms with Gasteiger partial charge in [0.05, 0.1) is 5.69 Å². The van der Waals surface area contributed by atoms with Gasteiger partial charge in [-0.2, -0.15) is 0 Å². The van der Waals surface area contributed by atoms with Crippen LogP contribution in [0.3, 0.4) is 0 Å². The van der Waals surface area contributed by atoms with Gasteiger partial charge in [-0.15, -0.1) is 0 Å². The monoisotopic (exact) mass is 382 g/mol. The van der Waals surface area contributed by atoms with Crippen LogP contribution in [0.4, 0.5) is 4.79 Å². The molecule has 2 aromatic rings. The van der Waals surface area contributed by atoms with Crippen LogP contribution in [-0.2, 0) is 12.8 Å². The second-order valence-corrected chi connectivity index (χ2v) is 7.72. The highest BCUT2D eigenvalue weighted by atomic mass is 35.5. The number of likely N-dealkylation sites (tertiary alicyclic amines) is 1. The number of carboxylic acid groups (broad SMARTS) is 1. The van der Waals surface area contributed by atoms with Crippen LogP contribution in [-0.4, -0.2) is 33.7 Å². The third-order valence-corrected chi connectivity index (χ3v) is 6.01. The highest BCUT2D eigenvalue weighted by Gasteiger charge is 2.31. The van der Waals surface area contributed by atoms with E-state index in [1.54, 1.807) is 4.90 Å². The summed E-state index contributed by atoms with van der Waals surface area (Å²) in [6.07, 6.45) is 5.22. The lowest BCUT2D eigenvalue weighted by atomic mass is 9.85. The van der Waals surface area contributed by atoms with Crippen LogP contribution >= 0.6 is 11.6 Å². The molecule has 0 radical (unpaired) electrons. The van der Waals surface area contributed by atoms with Crippen LogP contribution in [0.2, 0.25) is 5.02 Å². The smallest absolute Gasteiger partial charge is 0.407 e. The number of hydrogen-bond donors (Lipinski definition) is 1.